The van der Waals surface area contributed by atoms with Gasteiger partial charge < -0.3 is 19.7 Å². The SMILES string of the molecule is COc1ccc(C(=O)Nc2ccc(N3CCOCC3)c(F)c2)cc1S(=O)(=O)N1CCCCC1C. The van der Waals surface area contributed by atoms with Crippen LogP contribution in [0.1, 0.15) is 36.5 Å². The molecule has 0 aromatic heterocycles. The molecule has 0 saturated carbocycles. The summed E-state index contributed by atoms with van der Waals surface area (Å²) in [6.45, 7) is 4.59. The molecule has 2 heterocycles. The minimum absolute atomic E-state index is 0.0507. The number of benzene rings is 2. The lowest BCUT2D eigenvalue weighted by Crippen LogP contribution is -2.42. The fraction of sp³-hybridized carbons (Fsp3) is 0.458. The molecule has 0 aliphatic carbocycles. The van der Waals surface area contributed by atoms with Gasteiger partial charge in [-0.05, 0) is 56.2 Å². The fourth-order valence-corrected chi connectivity index (χ4v) is 6.31. The number of amides is 1. The summed E-state index contributed by atoms with van der Waals surface area (Å²) in [7, 11) is -2.46. The van der Waals surface area contributed by atoms with Gasteiger partial charge in [-0.15, -0.1) is 0 Å². The van der Waals surface area contributed by atoms with Crippen LogP contribution in [0.15, 0.2) is 41.3 Å². The van der Waals surface area contributed by atoms with Crippen molar-refractivity contribution in [2.45, 2.75) is 37.1 Å². The van der Waals surface area contributed by atoms with Gasteiger partial charge >= 0.3 is 0 Å². The number of sulfonamides is 1. The number of hydrogen-bond donors (Lipinski definition) is 1. The number of halogens is 1. The molecule has 2 aliphatic rings. The van der Waals surface area contributed by atoms with E-state index in [1.165, 1.54) is 35.7 Å². The maximum absolute atomic E-state index is 14.7. The highest BCUT2D eigenvalue weighted by molar-refractivity contribution is 7.89. The fourth-order valence-electron chi connectivity index (χ4n) is 4.42. The minimum Gasteiger partial charge on any atom is -0.495 e. The van der Waals surface area contributed by atoms with Gasteiger partial charge in [0.1, 0.15) is 16.5 Å². The molecule has 10 heteroatoms. The van der Waals surface area contributed by atoms with E-state index in [1.54, 1.807) is 12.1 Å². The molecule has 1 amide bonds. The second kappa shape index (κ2) is 10.3. The van der Waals surface area contributed by atoms with E-state index in [-0.39, 0.29) is 27.9 Å². The first kappa shape index (κ1) is 24.4. The molecule has 1 N–H and O–H groups in total. The summed E-state index contributed by atoms with van der Waals surface area (Å²) < 4.78 is 53.6. The van der Waals surface area contributed by atoms with E-state index in [0.29, 0.717) is 38.5 Å². The molecule has 2 saturated heterocycles. The molecule has 34 heavy (non-hydrogen) atoms. The molecule has 8 nitrogen and oxygen atoms in total. The van der Waals surface area contributed by atoms with Crippen LogP contribution in [-0.2, 0) is 14.8 Å². The molecule has 2 aromatic rings. The Morgan fingerprint density at radius 2 is 1.88 bits per heavy atom. The van der Waals surface area contributed by atoms with Crippen LogP contribution in [0, 0.1) is 5.82 Å². The predicted octanol–water partition coefficient (Wildman–Crippen LogP) is 3.49. The van der Waals surface area contributed by atoms with Crippen LogP contribution in [0.3, 0.4) is 0 Å². The number of carbonyl (C=O) groups is 1. The molecule has 0 bridgehead atoms. The summed E-state index contributed by atoms with van der Waals surface area (Å²) >= 11 is 0. The van der Waals surface area contributed by atoms with Gasteiger partial charge in [-0.2, -0.15) is 4.31 Å². The third kappa shape index (κ3) is 5.03. The molecule has 184 valence electrons. The van der Waals surface area contributed by atoms with Gasteiger partial charge in [-0.25, -0.2) is 12.8 Å². The monoisotopic (exact) mass is 491 g/mol. The third-order valence-electron chi connectivity index (χ3n) is 6.31. The Kier molecular flexibility index (Phi) is 7.39. The summed E-state index contributed by atoms with van der Waals surface area (Å²) in [5.74, 6) is -0.809. The molecule has 0 spiro atoms. The van der Waals surface area contributed by atoms with E-state index in [0.717, 1.165) is 19.3 Å². The summed E-state index contributed by atoms with van der Waals surface area (Å²) in [6, 6.07) is 8.67. The van der Waals surface area contributed by atoms with Gasteiger partial charge in [-0.3, -0.25) is 4.79 Å². The van der Waals surface area contributed by atoms with Crippen molar-refractivity contribution in [2.75, 3.05) is 50.2 Å². The molecular weight excluding hydrogens is 461 g/mol. The summed E-state index contributed by atoms with van der Waals surface area (Å²) in [6.07, 6.45) is 2.56. The van der Waals surface area contributed by atoms with Crippen LogP contribution < -0.4 is 15.0 Å². The standard InChI is InChI=1S/C24H30FN3O5S/c1-17-5-3-4-10-28(17)34(30,31)23-15-18(6-9-22(23)32-2)24(29)26-19-7-8-21(20(25)16-19)27-11-13-33-14-12-27/h6-9,15-17H,3-5,10-14H2,1-2H3,(H,26,29). The molecule has 1 unspecified atom stereocenters. The van der Waals surface area contributed by atoms with E-state index in [1.807, 2.05) is 11.8 Å². The lowest BCUT2D eigenvalue weighted by Gasteiger charge is -2.32. The number of methoxy groups -OCH3 is 1. The van der Waals surface area contributed by atoms with Gasteiger partial charge in [0.25, 0.3) is 5.91 Å². The number of hydrogen-bond acceptors (Lipinski definition) is 6. The number of carbonyl (C=O) groups excluding carboxylic acids is 1. The zero-order chi connectivity index (χ0) is 24.3. The average Bonchev–Trinajstić information content (AvgIpc) is 2.84. The van der Waals surface area contributed by atoms with Crippen molar-refractivity contribution in [2.24, 2.45) is 0 Å². The van der Waals surface area contributed by atoms with Crippen LogP contribution in [0.4, 0.5) is 15.8 Å². The second-order valence-corrected chi connectivity index (χ2v) is 10.4. The largest absolute Gasteiger partial charge is 0.495 e. The Morgan fingerprint density at radius 3 is 2.56 bits per heavy atom. The Bertz CT molecular complexity index is 1150. The van der Waals surface area contributed by atoms with E-state index in [9.17, 15) is 17.6 Å². The maximum atomic E-state index is 14.7. The Morgan fingerprint density at radius 1 is 1.12 bits per heavy atom. The average molecular weight is 492 g/mol. The van der Waals surface area contributed by atoms with Crippen molar-refractivity contribution in [1.29, 1.82) is 0 Å². The van der Waals surface area contributed by atoms with Crippen LogP contribution >= 0.6 is 0 Å². The van der Waals surface area contributed by atoms with Crippen molar-refractivity contribution in [1.82, 2.24) is 4.31 Å². The van der Waals surface area contributed by atoms with Crippen LogP contribution in [0.5, 0.6) is 5.75 Å². The number of rotatable bonds is 6. The van der Waals surface area contributed by atoms with Gasteiger partial charge in [0, 0.05) is 36.9 Å². The van der Waals surface area contributed by atoms with E-state index < -0.39 is 21.7 Å². The molecule has 2 aromatic carbocycles. The molecule has 0 radical (unpaired) electrons. The first-order chi connectivity index (χ1) is 16.3. The van der Waals surface area contributed by atoms with Crippen molar-refractivity contribution >= 4 is 27.3 Å². The first-order valence-electron chi connectivity index (χ1n) is 11.4. The molecule has 4 rings (SSSR count). The van der Waals surface area contributed by atoms with E-state index >= 15 is 0 Å². The highest BCUT2D eigenvalue weighted by atomic mass is 32.2. The third-order valence-corrected chi connectivity index (χ3v) is 8.35. The molecule has 1 atom stereocenters. The topological polar surface area (TPSA) is 88.2 Å². The van der Waals surface area contributed by atoms with Crippen LogP contribution in [0.25, 0.3) is 0 Å². The Hall–Kier alpha value is -2.69. The molecular formula is C24H30FN3O5S. The number of piperidine rings is 1. The van der Waals surface area contributed by atoms with Gasteiger partial charge in [0.15, 0.2) is 0 Å². The summed E-state index contributed by atoms with van der Waals surface area (Å²) in [4.78, 5) is 14.8. The van der Waals surface area contributed by atoms with Gasteiger partial charge in [0.2, 0.25) is 10.0 Å². The highest BCUT2D eigenvalue weighted by Crippen LogP contribution is 2.32. The van der Waals surface area contributed by atoms with Gasteiger partial charge in [0.05, 0.1) is 26.0 Å². The van der Waals surface area contributed by atoms with Crippen molar-refractivity contribution < 1.29 is 27.1 Å². The van der Waals surface area contributed by atoms with E-state index in [2.05, 4.69) is 5.32 Å². The summed E-state index contributed by atoms with van der Waals surface area (Å²) in [5, 5.41) is 2.66. The lowest BCUT2D eigenvalue weighted by molar-refractivity contribution is 0.102. The van der Waals surface area contributed by atoms with E-state index in [4.69, 9.17) is 9.47 Å². The summed E-state index contributed by atoms with van der Waals surface area (Å²) in [5.41, 5.74) is 0.876. The Labute approximate surface area is 199 Å². The smallest absolute Gasteiger partial charge is 0.255 e. The normalized spacial score (nSPS) is 19.6. The number of anilines is 2. The highest BCUT2D eigenvalue weighted by Gasteiger charge is 2.33. The Balaban J connectivity index is 1.56. The van der Waals surface area contributed by atoms with Crippen molar-refractivity contribution in [3.8, 4) is 5.75 Å². The number of ether oxygens (including phenoxy) is 2. The minimum atomic E-state index is -3.86. The maximum Gasteiger partial charge on any atom is 0.255 e. The van der Waals surface area contributed by atoms with Crippen LogP contribution in [0.2, 0.25) is 0 Å². The number of morpholine rings is 1. The number of nitrogens with one attached hydrogen (secondary N) is 1. The zero-order valence-corrected chi connectivity index (χ0v) is 20.2. The second-order valence-electron chi connectivity index (χ2n) is 8.55. The first-order valence-corrected chi connectivity index (χ1v) is 12.9. The quantitative estimate of drug-likeness (QED) is 0.666. The van der Waals surface area contributed by atoms with Gasteiger partial charge in [-0.1, -0.05) is 6.42 Å². The lowest BCUT2D eigenvalue weighted by atomic mass is 10.1. The molecule has 2 aliphatic heterocycles. The van der Waals surface area contributed by atoms with Crippen molar-refractivity contribution in [3.05, 3.63) is 47.8 Å². The number of nitrogens with zero attached hydrogens (tertiary/aromatic N) is 2. The van der Waals surface area contributed by atoms with Crippen molar-refractivity contribution in [3.63, 3.8) is 0 Å². The predicted molar refractivity (Wildman–Crippen MR) is 128 cm³/mol. The zero-order valence-electron chi connectivity index (χ0n) is 19.4. The van der Waals surface area contributed by atoms with Crippen LogP contribution in [-0.4, -0.2) is 64.6 Å². The molecule has 2 fully saturated rings.